The number of nitrogens with one attached hydrogen (secondary N) is 1. The van der Waals surface area contributed by atoms with Crippen molar-refractivity contribution in [3.63, 3.8) is 0 Å². The molecule has 0 spiro atoms. The molecule has 1 N–H and O–H groups in total. The highest BCUT2D eigenvalue weighted by Gasteiger charge is 2.24. The van der Waals surface area contributed by atoms with E-state index in [0.29, 0.717) is 24.0 Å². The monoisotopic (exact) mass is 333 g/mol. The second kappa shape index (κ2) is 6.08. The summed E-state index contributed by atoms with van der Waals surface area (Å²) in [6.07, 6.45) is 3.23. The van der Waals surface area contributed by atoms with Gasteiger partial charge in [-0.1, -0.05) is 32.0 Å². The minimum Gasteiger partial charge on any atom is -0.487 e. The van der Waals surface area contributed by atoms with Gasteiger partial charge in [0.25, 0.3) is 10.0 Å². The van der Waals surface area contributed by atoms with E-state index in [2.05, 4.69) is 9.82 Å². The summed E-state index contributed by atoms with van der Waals surface area (Å²) in [7, 11) is -3.68. The summed E-state index contributed by atoms with van der Waals surface area (Å²) < 4.78 is 35.0. The molecular weight excluding hydrogens is 314 g/mol. The van der Waals surface area contributed by atoms with E-state index < -0.39 is 10.0 Å². The van der Waals surface area contributed by atoms with Crippen molar-refractivity contribution in [3.8, 4) is 5.75 Å². The van der Waals surface area contributed by atoms with Crippen LogP contribution in [0, 0.1) is 5.92 Å². The lowest BCUT2D eigenvalue weighted by Crippen LogP contribution is -2.23. The Labute approximate surface area is 135 Å². The van der Waals surface area contributed by atoms with E-state index >= 15 is 0 Å². The minimum absolute atomic E-state index is 0.0185. The maximum atomic E-state index is 12.6. The fourth-order valence-corrected chi connectivity index (χ4v) is 3.44. The first-order valence-corrected chi connectivity index (χ1v) is 8.91. The van der Waals surface area contributed by atoms with Crippen molar-refractivity contribution in [1.82, 2.24) is 9.78 Å². The summed E-state index contributed by atoms with van der Waals surface area (Å²) in [4.78, 5) is 0.202. The van der Waals surface area contributed by atoms with Crippen molar-refractivity contribution in [1.29, 1.82) is 0 Å². The molecule has 0 fully saturated rings. The second-order valence-electron chi connectivity index (χ2n) is 5.84. The molecule has 2 heterocycles. The van der Waals surface area contributed by atoms with Crippen LogP contribution in [0.5, 0.6) is 5.75 Å². The van der Waals surface area contributed by atoms with Crippen molar-refractivity contribution in [2.24, 2.45) is 5.92 Å². The third-order valence-corrected chi connectivity index (χ3v) is 4.85. The number of rotatable bonds is 5. The molecular formula is C16H19N3O3S. The van der Waals surface area contributed by atoms with Crippen molar-refractivity contribution in [3.05, 3.63) is 47.0 Å². The minimum atomic E-state index is -3.68. The Kier molecular flexibility index (Phi) is 4.12. The van der Waals surface area contributed by atoms with E-state index in [9.17, 15) is 8.42 Å². The van der Waals surface area contributed by atoms with Crippen LogP contribution >= 0.6 is 0 Å². The van der Waals surface area contributed by atoms with Crippen LogP contribution in [0.3, 0.4) is 0 Å². The number of aromatic nitrogens is 2. The van der Waals surface area contributed by atoms with Gasteiger partial charge in [-0.05, 0) is 18.1 Å². The highest BCUT2D eigenvalue weighted by Crippen LogP contribution is 2.28. The third-order valence-electron chi connectivity index (χ3n) is 3.44. The summed E-state index contributed by atoms with van der Waals surface area (Å²) >= 11 is 0. The number of para-hydroxylation sites is 1. The molecule has 2 aromatic rings. The van der Waals surface area contributed by atoms with Gasteiger partial charge < -0.3 is 4.74 Å². The Morgan fingerprint density at radius 3 is 2.87 bits per heavy atom. The molecule has 0 bridgehead atoms. The molecule has 1 aromatic carbocycles. The van der Waals surface area contributed by atoms with E-state index in [1.165, 1.54) is 0 Å². The van der Waals surface area contributed by atoms with E-state index in [-0.39, 0.29) is 11.5 Å². The van der Waals surface area contributed by atoms with Gasteiger partial charge >= 0.3 is 0 Å². The smallest absolute Gasteiger partial charge is 0.262 e. The number of hydrogen-bond donors (Lipinski definition) is 1. The number of nitrogens with zero attached hydrogens (tertiary/aromatic N) is 2. The summed E-state index contributed by atoms with van der Waals surface area (Å²) in [5, 5.41) is 4.16. The van der Waals surface area contributed by atoms with Crippen LogP contribution in [-0.2, 0) is 16.6 Å². The SMILES string of the molecule is CC(C)Cn1nccc1NS(=O)(=O)C1=Cc2ccccc2OC1. The summed E-state index contributed by atoms with van der Waals surface area (Å²) in [6, 6.07) is 9.00. The molecule has 6 nitrogen and oxygen atoms in total. The number of sulfonamides is 1. The maximum Gasteiger partial charge on any atom is 0.262 e. The molecule has 0 atom stereocenters. The van der Waals surface area contributed by atoms with Crippen LogP contribution in [0.2, 0.25) is 0 Å². The van der Waals surface area contributed by atoms with Gasteiger partial charge in [0, 0.05) is 18.2 Å². The van der Waals surface area contributed by atoms with E-state index in [4.69, 9.17) is 4.74 Å². The van der Waals surface area contributed by atoms with Crippen molar-refractivity contribution in [2.45, 2.75) is 20.4 Å². The van der Waals surface area contributed by atoms with Gasteiger partial charge in [0.05, 0.1) is 6.20 Å². The molecule has 0 saturated carbocycles. The number of anilines is 1. The normalized spacial score (nSPS) is 14.1. The fourth-order valence-electron chi connectivity index (χ4n) is 2.36. The van der Waals surface area contributed by atoms with Gasteiger partial charge in [-0.15, -0.1) is 0 Å². The maximum absolute atomic E-state index is 12.6. The number of fused-ring (bicyclic) bond motifs is 1. The van der Waals surface area contributed by atoms with Gasteiger partial charge in [0.2, 0.25) is 0 Å². The summed E-state index contributed by atoms with van der Waals surface area (Å²) in [5.74, 6) is 1.51. The molecule has 3 rings (SSSR count). The number of hydrogen-bond acceptors (Lipinski definition) is 4. The highest BCUT2D eigenvalue weighted by atomic mass is 32.2. The topological polar surface area (TPSA) is 73.2 Å². The largest absolute Gasteiger partial charge is 0.487 e. The molecule has 0 amide bonds. The first-order valence-electron chi connectivity index (χ1n) is 7.43. The van der Waals surface area contributed by atoms with Crippen LogP contribution < -0.4 is 9.46 Å². The Morgan fingerprint density at radius 2 is 2.09 bits per heavy atom. The van der Waals surface area contributed by atoms with Crippen LogP contribution in [0.4, 0.5) is 5.82 Å². The molecule has 122 valence electrons. The Balaban J connectivity index is 1.86. The standard InChI is InChI=1S/C16H19N3O3S/c1-12(2)10-19-16(7-8-17-19)18-23(20,21)14-9-13-5-3-4-6-15(13)22-11-14/h3-9,12,18H,10-11H2,1-2H3. The molecule has 0 saturated heterocycles. The lowest BCUT2D eigenvalue weighted by molar-refractivity contribution is 0.353. The summed E-state index contributed by atoms with van der Waals surface area (Å²) in [5.41, 5.74) is 0.759. The Morgan fingerprint density at radius 1 is 1.30 bits per heavy atom. The Bertz CT molecular complexity index is 838. The van der Waals surface area contributed by atoms with Crippen molar-refractivity contribution >= 4 is 21.9 Å². The average molecular weight is 333 g/mol. The molecule has 1 aromatic heterocycles. The van der Waals surface area contributed by atoms with Crippen LogP contribution in [0.25, 0.3) is 6.08 Å². The fraction of sp³-hybridized carbons (Fsp3) is 0.312. The average Bonchev–Trinajstić information content (AvgIpc) is 2.92. The number of ether oxygens (including phenoxy) is 1. The first-order chi connectivity index (χ1) is 11.0. The van der Waals surface area contributed by atoms with Gasteiger partial charge in [0.15, 0.2) is 0 Å². The quantitative estimate of drug-likeness (QED) is 0.913. The van der Waals surface area contributed by atoms with Gasteiger partial charge in [-0.25, -0.2) is 13.1 Å². The van der Waals surface area contributed by atoms with Gasteiger partial charge in [-0.3, -0.25) is 4.72 Å². The van der Waals surface area contributed by atoms with Crippen LogP contribution in [0.15, 0.2) is 41.4 Å². The van der Waals surface area contributed by atoms with E-state index in [0.717, 1.165) is 5.56 Å². The zero-order chi connectivity index (χ0) is 16.4. The van der Waals surface area contributed by atoms with Crippen molar-refractivity contribution < 1.29 is 13.2 Å². The van der Waals surface area contributed by atoms with Crippen molar-refractivity contribution in [2.75, 3.05) is 11.3 Å². The molecule has 23 heavy (non-hydrogen) atoms. The van der Waals surface area contributed by atoms with Gasteiger partial charge in [0.1, 0.15) is 23.1 Å². The molecule has 7 heteroatoms. The third kappa shape index (κ3) is 3.39. The van der Waals surface area contributed by atoms with Crippen LogP contribution in [0.1, 0.15) is 19.4 Å². The second-order valence-corrected chi connectivity index (χ2v) is 7.57. The predicted molar refractivity (Wildman–Crippen MR) is 89.5 cm³/mol. The molecule has 0 unspecified atom stereocenters. The molecule has 1 aliphatic rings. The van der Waals surface area contributed by atoms with Gasteiger partial charge in [-0.2, -0.15) is 5.10 Å². The lowest BCUT2D eigenvalue weighted by atomic mass is 10.1. The zero-order valence-corrected chi connectivity index (χ0v) is 13.9. The highest BCUT2D eigenvalue weighted by molar-refractivity contribution is 7.96. The van der Waals surface area contributed by atoms with E-state index in [1.54, 1.807) is 23.0 Å². The number of benzene rings is 1. The summed E-state index contributed by atoms with van der Waals surface area (Å²) in [6.45, 7) is 4.76. The molecule has 1 aliphatic heterocycles. The molecule has 0 aliphatic carbocycles. The predicted octanol–water partition coefficient (Wildman–Crippen LogP) is 2.71. The van der Waals surface area contributed by atoms with E-state index in [1.807, 2.05) is 38.1 Å². The Hall–Kier alpha value is -2.28. The zero-order valence-electron chi connectivity index (χ0n) is 13.1. The molecule has 0 radical (unpaired) electrons. The first kappa shape index (κ1) is 15.6. The lowest BCUT2D eigenvalue weighted by Gasteiger charge is -2.19. The van der Waals surface area contributed by atoms with Crippen LogP contribution in [-0.4, -0.2) is 24.8 Å².